The van der Waals surface area contributed by atoms with Gasteiger partial charge in [-0.3, -0.25) is 0 Å². The quantitative estimate of drug-likeness (QED) is 0.672. The van der Waals surface area contributed by atoms with Crippen LogP contribution in [0.1, 0.15) is 11.1 Å². The molecule has 0 unspecified atom stereocenters. The van der Waals surface area contributed by atoms with Crippen LogP contribution < -0.4 is 5.46 Å². The fraction of sp³-hybridized carbons (Fsp3) is 0.0769. The van der Waals surface area contributed by atoms with Crippen LogP contribution in [0.4, 0.5) is 0 Å². The predicted molar refractivity (Wildman–Crippen MR) is 66.1 cm³/mol. The average molecular weight is 212 g/mol. The standard InChI is InChI=1S/C13H10BCl/c14-13-4-2-1-3-11(13)9-10-5-7-12(15)8-6-10/h1-8H,9H2. The van der Waals surface area contributed by atoms with Crippen LogP contribution in [0.5, 0.6) is 0 Å². The first-order valence-corrected chi connectivity index (χ1v) is 5.21. The third-order valence-electron chi connectivity index (χ3n) is 2.36. The number of hydrogen-bond acceptors (Lipinski definition) is 0. The molecule has 0 fully saturated rings. The van der Waals surface area contributed by atoms with Gasteiger partial charge in [0.25, 0.3) is 0 Å². The highest BCUT2D eigenvalue weighted by atomic mass is 35.5. The smallest absolute Gasteiger partial charge is 0.0932 e. The van der Waals surface area contributed by atoms with Crippen molar-refractivity contribution in [2.75, 3.05) is 0 Å². The van der Waals surface area contributed by atoms with Gasteiger partial charge in [-0.1, -0.05) is 59.0 Å². The molecule has 15 heavy (non-hydrogen) atoms. The van der Waals surface area contributed by atoms with Crippen molar-refractivity contribution in [3.8, 4) is 0 Å². The number of benzene rings is 2. The van der Waals surface area contributed by atoms with Crippen molar-refractivity contribution in [3.05, 3.63) is 64.7 Å². The summed E-state index contributed by atoms with van der Waals surface area (Å²) in [5.41, 5.74) is 3.21. The number of rotatable bonds is 2. The highest BCUT2D eigenvalue weighted by Crippen LogP contribution is 2.12. The molecule has 0 spiro atoms. The molecule has 2 heteroatoms. The van der Waals surface area contributed by atoms with Gasteiger partial charge in [-0.2, -0.15) is 0 Å². The largest absolute Gasteiger partial charge is 0.114 e. The molecular weight excluding hydrogens is 202 g/mol. The molecule has 0 nitrogen and oxygen atoms in total. The molecule has 0 bridgehead atoms. The van der Waals surface area contributed by atoms with E-state index in [-0.39, 0.29) is 0 Å². The van der Waals surface area contributed by atoms with Gasteiger partial charge in [0, 0.05) is 5.02 Å². The Labute approximate surface area is 96.3 Å². The fourth-order valence-corrected chi connectivity index (χ4v) is 1.64. The molecule has 0 heterocycles. The lowest BCUT2D eigenvalue weighted by Gasteiger charge is -2.05. The lowest BCUT2D eigenvalue weighted by molar-refractivity contribution is 1.21. The van der Waals surface area contributed by atoms with Crippen molar-refractivity contribution >= 4 is 24.9 Å². The summed E-state index contributed by atoms with van der Waals surface area (Å²) in [5.74, 6) is 0. The Morgan fingerprint density at radius 3 is 2.27 bits per heavy atom. The zero-order valence-electron chi connectivity index (χ0n) is 8.28. The molecule has 0 saturated carbocycles. The minimum Gasteiger partial charge on any atom is -0.0932 e. The Morgan fingerprint density at radius 2 is 1.60 bits per heavy atom. The van der Waals surface area contributed by atoms with Crippen LogP contribution in [-0.4, -0.2) is 7.85 Å². The van der Waals surface area contributed by atoms with Gasteiger partial charge >= 0.3 is 0 Å². The molecule has 0 amide bonds. The maximum absolute atomic E-state index is 5.87. The Bertz CT molecular complexity index is 448. The fourth-order valence-electron chi connectivity index (χ4n) is 1.52. The van der Waals surface area contributed by atoms with Crippen molar-refractivity contribution in [3.63, 3.8) is 0 Å². The molecule has 0 saturated heterocycles. The predicted octanol–water partition coefficient (Wildman–Crippen LogP) is 2.72. The van der Waals surface area contributed by atoms with E-state index in [0.717, 1.165) is 22.5 Å². The molecule has 2 rings (SSSR count). The number of hydrogen-bond donors (Lipinski definition) is 0. The van der Waals surface area contributed by atoms with Gasteiger partial charge < -0.3 is 0 Å². The SMILES string of the molecule is [B]c1ccccc1Cc1ccc(Cl)cc1. The zero-order chi connectivity index (χ0) is 10.7. The Morgan fingerprint density at radius 1 is 0.933 bits per heavy atom. The molecule has 2 aromatic carbocycles. The second-order valence-corrected chi connectivity index (χ2v) is 3.94. The van der Waals surface area contributed by atoms with Crippen LogP contribution in [0, 0.1) is 0 Å². The summed E-state index contributed by atoms with van der Waals surface area (Å²) in [5, 5.41) is 0.764. The topological polar surface area (TPSA) is 0 Å². The summed E-state index contributed by atoms with van der Waals surface area (Å²) < 4.78 is 0. The highest BCUT2D eigenvalue weighted by Gasteiger charge is 1.98. The van der Waals surface area contributed by atoms with Crippen molar-refractivity contribution in [1.82, 2.24) is 0 Å². The minimum atomic E-state index is 0.764. The molecule has 0 atom stereocenters. The summed E-state index contributed by atoms with van der Waals surface area (Å²) in [6, 6.07) is 15.8. The Hall–Kier alpha value is -1.21. The van der Waals surface area contributed by atoms with Gasteiger partial charge in [-0.05, 0) is 24.1 Å². The van der Waals surface area contributed by atoms with Crippen LogP contribution >= 0.6 is 11.6 Å². The monoisotopic (exact) mass is 212 g/mol. The summed E-state index contributed by atoms with van der Waals surface area (Å²) >= 11 is 5.82. The molecule has 2 aromatic rings. The van der Waals surface area contributed by atoms with Crippen LogP contribution in [0.3, 0.4) is 0 Å². The molecule has 0 aliphatic carbocycles. The van der Waals surface area contributed by atoms with E-state index in [9.17, 15) is 0 Å². The van der Waals surface area contributed by atoms with Crippen molar-refractivity contribution < 1.29 is 0 Å². The van der Waals surface area contributed by atoms with Crippen molar-refractivity contribution in [2.24, 2.45) is 0 Å². The van der Waals surface area contributed by atoms with Crippen LogP contribution in [-0.2, 0) is 6.42 Å². The first kappa shape index (κ1) is 10.3. The normalized spacial score (nSPS) is 10.2. The van der Waals surface area contributed by atoms with Gasteiger partial charge in [0.15, 0.2) is 0 Å². The van der Waals surface area contributed by atoms with Gasteiger partial charge in [-0.25, -0.2) is 0 Å². The Kier molecular flexibility index (Phi) is 3.12. The van der Waals surface area contributed by atoms with E-state index in [1.54, 1.807) is 0 Å². The average Bonchev–Trinajstić information content (AvgIpc) is 2.25. The van der Waals surface area contributed by atoms with E-state index in [4.69, 9.17) is 19.4 Å². The molecule has 72 valence electrons. The highest BCUT2D eigenvalue weighted by molar-refractivity contribution is 6.33. The summed E-state index contributed by atoms with van der Waals surface area (Å²) in [4.78, 5) is 0. The first-order valence-electron chi connectivity index (χ1n) is 4.83. The second-order valence-electron chi connectivity index (χ2n) is 3.50. The lowest BCUT2D eigenvalue weighted by atomic mass is 9.88. The van der Waals surface area contributed by atoms with E-state index in [1.165, 1.54) is 5.56 Å². The Balaban J connectivity index is 2.22. The van der Waals surface area contributed by atoms with E-state index in [2.05, 4.69) is 0 Å². The molecule has 2 radical (unpaired) electrons. The maximum Gasteiger partial charge on any atom is 0.114 e. The molecule has 0 aromatic heterocycles. The lowest BCUT2D eigenvalue weighted by Crippen LogP contribution is -2.09. The molecule has 0 aliphatic heterocycles. The van der Waals surface area contributed by atoms with Gasteiger partial charge in [0.05, 0.1) is 0 Å². The van der Waals surface area contributed by atoms with Gasteiger partial charge in [0.1, 0.15) is 7.85 Å². The van der Waals surface area contributed by atoms with Gasteiger partial charge in [-0.15, -0.1) is 0 Å². The zero-order valence-corrected chi connectivity index (χ0v) is 9.04. The minimum absolute atomic E-state index is 0.764. The van der Waals surface area contributed by atoms with E-state index >= 15 is 0 Å². The van der Waals surface area contributed by atoms with E-state index in [0.29, 0.717) is 0 Å². The van der Waals surface area contributed by atoms with Crippen molar-refractivity contribution in [1.29, 1.82) is 0 Å². The second kappa shape index (κ2) is 4.54. The summed E-state index contributed by atoms with van der Waals surface area (Å²) in [6.45, 7) is 0. The van der Waals surface area contributed by atoms with E-state index in [1.807, 2.05) is 48.5 Å². The molecule has 0 aliphatic rings. The van der Waals surface area contributed by atoms with Crippen LogP contribution in [0.25, 0.3) is 0 Å². The molecule has 0 N–H and O–H groups in total. The van der Waals surface area contributed by atoms with Crippen LogP contribution in [0.2, 0.25) is 5.02 Å². The van der Waals surface area contributed by atoms with Crippen molar-refractivity contribution in [2.45, 2.75) is 6.42 Å². The molecular formula is C13H10BCl. The van der Waals surface area contributed by atoms with Gasteiger partial charge in [0.2, 0.25) is 0 Å². The maximum atomic E-state index is 5.87. The van der Waals surface area contributed by atoms with E-state index < -0.39 is 0 Å². The van der Waals surface area contributed by atoms with Crippen LogP contribution in [0.15, 0.2) is 48.5 Å². The first-order chi connectivity index (χ1) is 7.25. The number of halogens is 1. The third-order valence-corrected chi connectivity index (χ3v) is 2.61. The summed E-state index contributed by atoms with van der Waals surface area (Å²) in [6.07, 6.45) is 0.851. The third kappa shape index (κ3) is 2.63. The summed E-state index contributed by atoms with van der Waals surface area (Å²) in [7, 11) is 5.87.